The van der Waals surface area contributed by atoms with Gasteiger partial charge in [0, 0.05) is 6.54 Å². The molecule has 1 amide bonds. The van der Waals surface area contributed by atoms with Crippen molar-refractivity contribution in [3.05, 3.63) is 53.6 Å². The van der Waals surface area contributed by atoms with Crippen molar-refractivity contribution in [2.75, 3.05) is 12.3 Å². The van der Waals surface area contributed by atoms with Crippen molar-refractivity contribution in [1.29, 1.82) is 0 Å². The molecule has 0 saturated heterocycles. The molecule has 0 saturated carbocycles. The average molecular weight is 432 g/mol. The lowest BCUT2D eigenvalue weighted by Crippen LogP contribution is -2.25. The molecule has 0 radical (unpaired) electrons. The number of aromatic hydroxyl groups is 2. The number of unbranched alkanes of at least 4 members (excludes halogenated alkanes) is 2. The van der Waals surface area contributed by atoms with Crippen LogP contribution >= 0.6 is 0 Å². The van der Waals surface area contributed by atoms with E-state index >= 15 is 0 Å². The van der Waals surface area contributed by atoms with Gasteiger partial charge >= 0.3 is 0 Å². The zero-order valence-corrected chi connectivity index (χ0v) is 17.6. The number of para-hydroxylation sites is 2. The van der Waals surface area contributed by atoms with Gasteiger partial charge in [0.15, 0.2) is 17.1 Å². The van der Waals surface area contributed by atoms with Crippen LogP contribution in [-0.2, 0) is 0 Å². The van der Waals surface area contributed by atoms with Crippen molar-refractivity contribution in [2.24, 2.45) is 5.10 Å². The van der Waals surface area contributed by atoms with Gasteiger partial charge in [0.1, 0.15) is 16.9 Å². The molecular formula is C23H24N6O3. The lowest BCUT2D eigenvalue weighted by atomic mass is 10.2. The third kappa shape index (κ3) is 4.04. The molecule has 0 fully saturated rings. The molecule has 4 aromatic rings. The zero-order chi connectivity index (χ0) is 22.7. The van der Waals surface area contributed by atoms with E-state index in [9.17, 15) is 15.0 Å². The highest BCUT2D eigenvalue weighted by Gasteiger charge is 2.23. The summed E-state index contributed by atoms with van der Waals surface area (Å²) in [5.74, 6) is -0.711. The van der Waals surface area contributed by atoms with Crippen LogP contribution in [0.3, 0.4) is 0 Å². The monoisotopic (exact) mass is 432 g/mol. The number of carbonyl (C=O) groups is 1. The first-order valence-corrected chi connectivity index (χ1v) is 10.4. The molecule has 0 aliphatic heterocycles. The highest BCUT2D eigenvalue weighted by atomic mass is 16.3. The number of aromatic nitrogens is 3. The summed E-state index contributed by atoms with van der Waals surface area (Å²) in [6.07, 6.45) is 4.40. The van der Waals surface area contributed by atoms with Gasteiger partial charge in [0.25, 0.3) is 5.91 Å². The minimum absolute atomic E-state index is 0.113. The van der Waals surface area contributed by atoms with Gasteiger partial charge < -0.3 is 21.3 Å². The number of nitrogen functional groups attached to an aromatic ring is 1. The second kappa shape index (κ2) is 8.93. The van der Waals surface area contributed by atoms with Crippen LogP contribution in [0.2, 0.25) is 0 Å². The van der Waals surface area contributed by atoms with Crippen LogP contribution in [0.5, 0.6) is 11.5 Å². The first-order chi connectivity index (χ1) is 15.5. The predicted molar refractivity (Wildman–Crippen MR) is 124 cm³/mol. The van der Waals surface area contributed by atoms with E-state index in [1.807, 2.05) is 24.3 Å². The van der Waals surface area contributed by atoms with Gasteiger partial charge in [0.2, 0.25) is 0 Å². The normalized spacial score (nSPS) is 11.5. The number of hydrogen-bond acceptors (Lipinski definition) is 7. The standard InChI is InChI=1S/C23H24N6O3/c1-2-3-6-11-25-23(32)19-20-22(28-16-8-5-4-7-15(16)27-20)29(21(19)24)26-13-14-9-10-17(30)18(31)12-14/h4-5,7-10,12-13,30-31H,2-3,6,11,24H2,1H3,(H,25,32)/b26-13+. The molecule has 9 heteroatoms. The van der Waals surface area contributed by atoms with Crippen LogP contribution in [0.15, 0.2) is 47.6 Å². The van der Waals surface area contributed by atoms with Crippen molar-refractivity contribution in [3.63, 3.8) is 0 Å². The van der Waals surface area contributed by atoms with Crippen molar-refractivity contribution in [1.82, 2.24) is 20.0 Å². The Morgan fingerprint density at radius 2 is 1.88 bits per heavy atom. The summed E-state index contributed by atoms with van der Waals surface area (Å²) in [6.45, 7) is 2.63. The summed E-state index contributed by atoms with van der Waals surface area (Å²) < 4.78 is 1.36. The molecule has 2 aromatic carbocycles. The zero-order valence-electron chi connectivity index (χ0n) is 17.6. The molecule has 32 heavy (non-hydrogen) atoms. The third-order valence-corrected chi connectivity index (χ3v) is 5.09. The van der Waals surface area contributed by atoms with Crippen molar-refractivity contribution in [2.45, 2.75) is 26.2 Å². The molecule has 0 atom stereocenters. The highest BCUT2D eigenvalue weighted by molar-refractivity contribution is 6.10. The van der Waals surface area contributed by atoms with E-state index in [0.717, 1.165) is 19.3 Å². The van der Waals surface area contributed by atoms with Crippen LogP contribution in [0, 0.1) is 0 Å². The SMILES string of the molecule is CCCCCNC(=O)c1c(N)n(/N=C/c2ccc(O)c(O)c2)c2nc3ccccc3nc12. The second-order valence-corrected chi connectivity index (χ2v) is 7.41. The summed E-state index contributed by atoms with van der Waals surface area (Å²) in [5.41, 5.74) is 9.09. The molecule has 0 aliphatic carbocycles. The maximum Gasteiger partial charge on any atom is 0.257 e. The molecule has 2 heterocycles. The Kier molecular flexibility index (Phi) is 5.89. The molecule has 0 unspecified atom stereocenters. The smallest absolute Gasteiger partial charge is 0.257 e. The van der Waals surface area contributed by atoms with E-state index in [1.54, 1.807) is 6.07 Å². The fraction of sp³-hybridized carbons (Fsp3) is 0.217. The number of hydrogen-bond donors (Lipinski definition) is 4. The Labute approximate surface area is 184 Å². The lowest BCUT2D eigenvalue weighted by molar-refractivity contribution is 0.0955. The summed E-state index contributed by atoms with van der Waals surface area (Å²) in [7, 11) is 0. The van der Waals surface area contributed by atoms with Crippen LogP contribution in [0.1, 0.15) is 42.1 Å². The van der Waals surface area contributed by atoms with Crippen LogP contribution in [-0.4, -0.2) is 43.5 Å². The van der Waals surface area contributed by atoms with Crippen LogP contribution < -0.4 is 11.1 Å². The molecule has 0 aliphatic rings. The maximum absolute atomic E-state index is 13.0. The van der Waals surface area contributed by atoms with E-state index in [2.05, 4.69) is 27.3 Å². The van der Waals surface area contributed by atoms with E-state index in [0.29, 0.717) is 34.3 Å². The minimum atomic E-state index is -0.329. The number of nitrogens with one attached hydrogen (secondary N) is 1. The van der Waals surface area contributed by atoms with Gasteiger partial charge in [-0.1, -0.05) is 31.9 Å². The van der Waals surface area contributed by atoms with E-state index in [4.69, 9.17) is 5.73 Å². The van der Waals surface area contributed by atoms with Gasteiger partial charge in [0.05, 0.1) is 17.2 Å². The van der Waals surface area contributed by atoms with Gasteiger partial charge in [-0.15, -0.1) is 0 Å². The largest absolute Gasteiger partial charge is 0.504 e. The number of nitrogens with two attached hydrogens (primary N) is 1. The Morgan fingerprint density at radius 1 is 1.12 bits per heavy atom. The Balaban J connectivity index is 1.81. The summed E-state index contributed by atoms with van der Waals surface area (Å²) in [6, 6.07) is 11.6. The Bertz CT molecular complexity index is 1330. The quantitative estimate of drug-likeness (QED) is 0.201. The number of phenolic OH excluding ortho intramolecular Hbond substituents is 2. The molecule has 4 rings (SSSR count). The molecular weight excluding hydrogens is 408 g/mol. The van der Waals surface area contributed by atoms with E-state index < -0.39 is 0 Å². The summed E-state index contributed by atoms with van der Waals surface area (Å²) >= 11 is 0. The van der Waals surface area contributed by atoms with Gasteiger partial charge in [-0.3, -0.25) is 4.79 Å². The number of amides is 1. The number of anilines is 1. The maximum atomic E-state index is 13.0. The topological polar surface area (TPSA) is 139 Å². The van der Waals surface area contributed by atoms with Gasteiger partial charge in [-0.05, 0) is 42.3 Å². The molecule has 0 spiro atoms. The highest BCUT2D eigenvalue weighted by Crippen LogP contribution is 2.28. The summed E-state index contributed by atoms with van der Waals surface area (Å²) in [5, 5.41) is 26.5. The van der Waals surface area contributed by atoms with Crippen LogP contribution in [0.25, 0.3) is 22.2 Å². The third-order valence-electron chi connectivity index (χ3n) is 5.09. The molecule has 164 valence electrons. The van der Waals surface area contributed by atoms with Gasteiger partial charge in [-0.2, -0.15) is 9.78 Å². The fourth-order valence-electron chi connectivity index (χ4n) is 3.40. The number of nitrogens with zero attached hydrogens (tertiary/aromatic N) is 4. The van der Waals surface area contributed by atoms with Crippen molar-refractivity contribution < 1.29 is 15.0 Å². The number of rotatable bonds is 7. The number of phenols is 2. The van der Waals surface area contributed by atoms with E-state index in [-0.39, 0.29) is 28.8 Å². The average Bonchev–Trinajstić information content (AvgIpc) is 3.06. The number of benzene rings is 2. The molecule has 9 nitrogen and oxygen atoms in total. The summed E-state index contributed by atoms with van der Waals surface area (Å²) in [4.78, 5) is 22.2. The molecule has 2 aromatic heterocycles. The predicted octanol–water partition coefficient (Wildman–Crippen LogP) is 3.38. The minimum Gasteiger partial charge on any atom is -0.504 e. The second-order valence-electron chi connectivity index (χ2n) is 7.41. The van der Waals surface area contributed by atoms with Crippen LogP contribution in [0.4, 0.5) is 5.82 Å². The Morgan fingerprint density at radius 3 is 2.59 bits per heavy atom. The molecule has 5 N–H and O–H groups in total. The lowest BCUT2D eigenvalue weighted by Gasteiger charge is -2.05. The van der Waals surface area contributed by atoms with Crippen molar-refractivity contribution in [3.8, 4) is 11.5 Å². The van der Waals surface area contributed by atoms with Gasteiger partial charge in [-0.25, -0.2) is 9.97 Å². The van der Waals surface area contributed by atoms with Crippen molar-refractivity contribution >= 4 is 40.1 Å². The van der Waals surface area contributed by atoms with E-state index in [1.165, 1.54) is 23.0 Å². The fourth-order valence-corrected chi connectivity index (χ4v) is 3.40. The number of carbonyl (C=O) groups excluding carboxylic acids is 1. The molecule has 0 bridgehead atoms. The number of fused-ring (bicyclic) bond motifs is 2. The first kappa shape index (κ1) is 21.1. The first-order valence-electron chi connectivity index (χ1n) is 10.4. The Hall–Kier alpha value is -4.14.